The molecule has 0 saturated heterocycles. The average Bonchev–Trinajstić information content (AvgIpc) is 3.14. The summed E-state index contributed by atoms with van der Waals surface area (Å²) in [6, 6.07) is 16.7. The number of halogens is 3. The summed E-state index contributed by atoms with van der Waals surface area (Å²) in [5.74, 6) is 0. The fourth-order valence-electron chi connectivity index (χ4n) is 3.50. The summed E-state index contributed by atoms with van der Waals surface area (Å²) in [5.41, 5.74) is 6.01. The monoisotopic (exact) mass is 440 g/mol. The molecule has 0 spiro atoms. The van der Waals surface area contributed by atoms with E-state index < -0.39 is 11.7 Å². The van der Waals surface area contributed by atoms with Crippen molar-refractivity contribution in [1.82, 2.24) is 25.4 Å². The number of hydrazine groups is 2. The third-order valence-electron chi connectivity index (χ3n) is 4.98. The zero-order valence-corrected chi connectivity index (χ0v) is 17.5. The molecule has 0 aliphatic carbocycles. The Balaban J connectivity index is 1.51. The molecule has 0 fully saturated rings. The molecule has 4 rings (SSSR count). The molecule has 0 saturated carbocycles. The van der Waals surface area contributed by atoms with Crippen molar-refractivity contribution < 1.29 is 13.2 Å². The minimum atomic E-state index is -4.36. The Labute approximate surface area is 184 Å². The Morgan fingerprint density at radius 1 is 0.844 bits per heavy atom. The molecule has 0 atom stereocenters. The number of hydrogen-bond acceptors (Lipinski definition) is 6. The Morgan fingerprint density at radius 2 is 1.44 bits per heavy atom. The molecule has 0 bridgehead atoms. The predicted molar refractivity (Wildman–Crippen MR) is 115 cm³/mol. The van der Waals surface area contributed by atoms with E-state index in [-0.39, 0.29) is 0 Å². The highest BCUT2D eigenvalue weighted by Crippen LogP contribution is 2.31. The van der Waals surface area contributed by atoms with Crippen LogP contribution in [0.5, 0.6) is 0 Å². The lowest BCUT2D eigenvalue weighted by molar-refractivity contribution is -0.137. The normalized spacial score (nSPS) is 14.5. The lowest BCUT2D eigenvalue weighted by atomic mass is 10.2. The quantitative estimate of drug-likeness (QED) is 0.594. The van der Waals surface area contributed by atoms with Crippen LogP contribution in [0.1, 0.15) is 17.0 Å². The summed E-state index contributed by atoms with van der Waals surface area (Å²) in [6.45, 7) is 1.83. The number of nitrogens with zero attached hydrogens (tertiary/aromatic N) is 5. The van der Waals surface area contributed by atoms with Gasteiger partial charge in [0.1, 0.15) is 0 Å². The summed E-state index contributed by atoms with van der Waals surface area (Å²) in [6.07, 6.45) is 1.06. The van der Waals surface area contributed by atoms with Gasteiger partial charge in [0.25, 0.3) is 0 Å². The van der Waals surface area contributed by atoms with Crippen molar-refractivity contribution in [3.8, 4) is 0 Å². The van der Waals surface area contributed by atoms with E-state index in [0.29, 0.717) is 25.3 Å². The van der Waals surface area contributed by atoms with Crippen molar-refractivity contribution in [3.63, 3.8) is 0 Å². The molecule has 1 N–H and O–H groups in total. The van der Waals surface area contributed by atoms with Gasteiger partial charge in [0.2, 0.25) is 0 Å². The minimum Gasteiger partial charge on any atom is -0.303 e. The van der Waals surface area contributed by atoms with Gasteiger partial charge >= 0.3 is 6.18 Å². The molecule has 0 amide bonds. The van der Waals surface area contributed by atoms with Gasteiger partial charge in [0.15, 0.2) is 0 Å². The second kappa shape index (κ2) is 9.37. The highest BCUT2D eigenvalue weighted by molar-refractivity contribution is 5.51. The maximum atomic E-state index is 12.9. The first-order valence-electron chi connectivity index (χ1n) is 10.1. The molecule has 0 unspecified atom stereocenters. The number of nitrogens with one attached hydrogen (secondary N) is 1. The number of hydrogen-bond donors (Lipinski definition) is 1. The van der Waals surface area contributed by atoms with E-state index in [1.54, 1.807) is 22.5 Å². The summed E-state index contributed by atoms with van der Waals surface area (Å²) >= 11 is 0. The molecule has 3 heterocycles. The van der Waals surface area contributed by atoms with E-state index >= 15 is 0 Å². The molecule has 1 aliphatic heterocycles. The van der Waals surface area contributed by atoms with Gasteiger partial charge in [0, 0.05) is 45.3 Å². The molecule has 6 nitrogen and oxygen atoms in total. The van der Waals surface area contributed by atoms with Gasteiger partial charge in [-0.2, -0.15) is 13.2 Å². The number of benzene rings is 1. The lowest BCUT2D eigenvalue weighted by Crippen LogP contribution is -2.40. The average molecular weight is 440 g/mol. The largest absolute Gasteiger partial charge is 0.416 e. The van der Waals surface area contributed by atoms with Crippen LogP contribution in [-0.2, 0) is 19.3 Å². The van der Waals surface area contributed by atoms with E-state index in [9.17, 15) is 13.2 Å². The third-order valence-corrected chi connectivity index (χ3v) is 4.98. The SMILES string of the molecule is CN1NC(CN(Cc2ccccn2)Cc2ccccn2)=CN1c1ccc(C(F)(F)F)cc1. The van der Waals surface area contributed by atoms with Crippen LogP contribution >= 0.6 is 0 Å². The standard InChI is InChI=1S/C23H23F3N6/c1-30-29-21(17-32(30)22-10-8-18(9-11-22)23(24,25)26)16-31(14-19-6-2-4-12-27-19)15-20-7-3-5-13-28-20/h2-13,17,29H,14-16H2,1H3. The molecule has 1 aliphatic rings. The summed E-state index contributed by atoms with van der Waals surface area (Å²) in [5, 5.41) is 3.51. The predicted octanol–water partition coefficient (Wildman–Crippen LogP) is 4.21. The number of pyridine rings is 2. The lowest BCUT2D eigenvalue weighted by Gasteiger charge is -2.25. The minimum absolute atomic E-state index is 0.578. The molecular formula is C23H23F3N6. The highest BCUT2D eigenvalue weighted by Gasteiger charge is 2.30. The number of aromatic nitrogens is 2. The smallest absolute Gasteiger partial charge is 0.303 e. The molecule has 32 heavy (non-hydrogen) atoms. The van der Waals surface area contributed by atoms with E-state index in [0.717, 1.165) is 29.2 Å². The van der Waals surface area contributed by atoms with Crippen LogP contribution in [0.3, 0.4) is 0 Å². The van der Waals surface area contributed by atoms with Crippen LogP contribution in [0.15, 0.2) is 85.0 Å². The first kappa shape index (κ1) is 21.8. The Morgan fingerprint density at radius 3 is 1.94 bits per heavy atom. The topological polar surface area (TPSA) is 47.5 Å². The van der Waals surface area contributed by atoms with Crippen molar-refractivity contribution in [1.29, 1.82) is 0 Å². The van der Waals surface area contributed by atoms with Crippen molar-refractivity contribution in [2.24, 2.45) is 0 Å². The Bertz CT molecular complexity index is 997. The van der Waals surface area contributed by atoms with Gasteiger partial charge in [-0.1, -0.05) is 12.1 Å². The Hall–Kier alpha value is -3.43. The third kappa shape index (κ3) is 5.43. The van der Waals surface area contributed by atoms with Crippen LogP contribution in [0.4, 0.5) is 18.9 Å². The number of rotatable bonds is 7. The molecular weight excluding hydrogens is 417 g/mol. The van der Waals surface area contributed by atoms with Crippen LogP contribution in [0.2, 0.25) is 0 Å². The van der Waals surface area contributed by atoms with Gasteiger partial charge in [-0.25, -0.2) is 0 Å². The second-order valence-corrected chi connectivity index (χ2v) is 7.47. The van der Waals surface area contributed by atoms with Gasteiger partial charge in [-0.05, 0) is 48.5 Å². The van der Waals surface area contributed by atoms with Crippen molar-refractivity contribution in [2.45, 2.75) is 19.3 Å². The summed E-state index contributed by atoms with van der Waals surface area (Å²) in [4.78, 5) is 11.1. The molecule has 166 valence electrons. The van der Waals surface area contributed by atoms with E-state index in [1.807, 2.05) is 49.6 Å². The molecule has 0 radical (unpaired) electrons. The van der Waals surface area contributed by atoms with Gasteiger partial charge < -0.3 is 5.43 Å². The molecule has 3 aromatic rings. The van der Waals surface area contributed by atoms with Crippen molar-refractivity contribution in [2.75, 3.05) is 18.6 Å². The van der Waals surface area contributed by atoms with Gasteiger partial charge in [0.05, 0.1) is 28.3 Å². The zero-order chi connectivity index (χ0) is 22.6. The van der Waals surface area contributed by atoms with Gasteiger partial charge in [-0.3, -0.25) is 19.9 Å². The Kier molecular flexibility index (Phi) is 6.38. The first-order valence-corrected chi connectivity index (χ1v) is 10.1. The molecule has 9 heteroatoms. The molecule has 2 aromatic heterocycles. The van der Waals surface area contributed by atoms with E-state index in [1.165, 1.54) is 12.1 Å². The first-order chi connectivity index (χ1) is 15.4. The maximum absolute atomic E-state index is 12.9. The maximum Gasteiger partial charge on any atom is 0.416 e. The molecule has 1 aromatic carbocycles. The van der Waals surface area contributed by atoms with Crippen LogP contribution < -0.4 is 10.4 Å². The fourth-order valence-corrected chi connectivity index (χ4v) is 3.50. The summed E-state index contributed by atoms with van der Waals surface area (Å²) < 4.78 is 38.6. The highest BCUT2D eigenvalue weighted by atomic mass is 19.4. The van der Waals surface area contributed by atoms with Crippen LogP contribution in [-0.4, -0.2) is 33.6 Å². The zero-order valence-electron chi connectivity index (χ0n) is 17.5. The van der Waals surface area contributed by atoms with Crippen LogP contribution in [0.25, 0.3) is 0 Å². The van der Waals surface area contributed by atoms with E-state index in [2.05, 4.69) is 20.3 Å². The van der Waals surface area contributed by atoms with Crippen LogP contribution in [0, 0.1) is 0 Å². The van der Waals surface area contributed by atoms with Crippen molar-refractivity contribution in [3.05, 3.63) is 102 Å². The number of alkyl halides is 3. The van der Waals surface area contributed by atoms with Crippen molar-refractivity contribution >= 4 is 5.69 Å². The number of anilines is 1. The second-order valence-electron chi connectivity index (χ2n) is 7.47. The van der Waals surface area contributed by atoms with E-state index in [4.69, 9.17) is 0 Å². The fraction of sp³-hybridized carbons (Fsp3) is 0.217. The van der Waals surface area contributed by atoms with Gasteiger partial charge in [-0.15, -0.1) is 5.12 Å². The summed E-state index contributed by atoms with van der Waals surface area (Å²) in [7, 11) is 1.81.